The van der Waals surface area contributed by atoms with Crippen LogP contribution in [0.2, 0.25) is 0 Å². The highest BCUT2D eigenvalue weighted by atomic mass is 16.5. The Balaban J connectivity index is 1.76. The van der Waals surface area contributed by atoms with Gasteiger partial charge in [-0.1, -0.05) is 31.9 Å². The highest BCUT2D eigenvalue weighted by molar-refractivity contribution is 5.77. The number of ether oxygens (including phenoxy) is 1. The Bertz CT molecular complexity index is 560. The summed E-state index contributed by atoms with van der Waals surface area (Å²) in [6.07, 6.45) is 12.6. The summed E-state index contributed by atoms with van der Waals surface area (Å²) in [6, 6.07) is 0. The molecule has 2 heteroatoms. The molecule has 0 unspecified atom stereocenters. The van der Waals surface area contributed by atoms with Crippen LogP contribution in [0.3, 0.4) is 0 Å². The Morgan fingerprint density at radius 2 is 2.00 bits per heavy atom. The molecule has 0 saturated heterocycles. The highest BCUT2D eigenvalue weighted by Crippen LogP contribution is 2.70. The van der Waals surface area contributed by atoms with Crippen LogP contribution in [0.1, 0.15) is 72.1 Å². The number of rotatable bonds is 1. The van der Waals surface area contributed by atoms with Gasteiger partial charge >= 0.3 is 5.97 Å². The maximum Gasteiger partial charge on any atom is 0.311 e. The topological polar surface area (TPSA) is 26.3 Å². The summed E-state index contributed by atoms with van der Waals surface area (Å²) in [7, 11) is 1.56. The van der Waals surface area contributed by atoms with Gasteiger partial charge in [-0.25, -0.2) is 0 Å². The van der Waals surface area contributed by atoms with E-state index in [0.717, 1.165) is 24.7 Å². The third-order valence-corrected chi connectivity index (χ3v) is 8.48. The van der Waals surface area contributed by atoms with E-state index in [-0.39, 0.29) is 16.8 Å². The van der Waals surface area contributed by atoms with Crippen molar-refractivity contribution in [3.8, 4) is 0 Å². The summed E-state index contributed by atoms with van der Waals surface area (Å²) in [4.78, 5) is 12.6. The van der Waals surface area contributed by atoms with E-state index in [0.29, 0.717) is 11.3 Å². The molecule has 0 heterocycles. The first-order valence-electron chi connectivity index (χ1n) is 9.65. The van der Waals surface area contributed by atoms with Gasteiger partial charge in [-0.3, -0.25) is 4.79 Å². The van der Waals surface area contributed by atoms with Crippen molar-refractivity contribution < 1.29 is 9.53 Å². The van der Waals surface area contributed by atoms with Crippen LogP contribution in [-0.2, 0) is 9.53 Å². The number of hydrogen-bond donors (Lipinski definition) is 0. The van der Waals surface area contributed by atoms with Crippen molar-refractivity contribution in [3.05, 3.63) is 11.6 Å². The Morgan fingerprint density at radius 1 is 1.22 bits per heavy atom. The molecule has 0 amide bonds. The maximum atomic E-state index is 12.6. The normalized spacial score (nSPS) is 51.5. The largest absolute Gasteiger partial charge is 0.469 e. The molecule has 0 N–H and O–H groups in total. The lowest BCUT2D eigenvalue weighted by Gasteiger charge is -2.60. The molecule has 0 radical (unpaired) electrons. The van der Waals surface area contributed by atoms with Gasteiger partial charge in [0.05, 0.1) is 12.5 Å². The summed E-state index contributed by atoms with van der Waals surface area (Å²) >= 11 is 0. The summed E-state index contributed by atoms with van der Waals surface area (Å²) in [5, 5.41) is 0. The molecule has 23 heavy (non-hydrogen) atoms. The van der Waals surface area contributed by atoms with Gasteiger partial charge in [0.25, 0.3) is 0 Å². The van der Waals surface area contributed by atoms with E-state index >= 15 is 0 Å². The molecular weight excluding hydrogens is 284 g/mol. The number of hydrogen-bond acceptors (Lipinski definition) is 2. The molecule has 128 valence electrons. The minimum Gasteiger partial charge on any atom is -0.469 e. The number of methoxy groups -OCH3 is 1. The van der Waals surface area contributed by atoms with Gasteiger partial charge in [-0.15, -0.1) is 0 Å². The Hall–Kier alpha value is -0.790. The van der Waals surface area contributed by atoms with Gasteiger partial charge in [0.1, 0.15) is 0 Å². The molecule has 1 spiro atoms. The van der Waals surface area contributed by atoms with Crippen LogP contribution in [0.4, 0.5) is 0 Å². The second-order valence-corrected chi connectivity index (χ2v) is 9.55. The molecule has 0 aromatic heterocycles. The third-order valence-electron chi connectivity index (χ3n) is 8.48. The molecule has 4 aliphatic carbocycles. The molecule has 2 nitrogen and oxygen atoms in total. The molecule has 3 fully saturated rings. The molecule has 3 saturated carbocycles. The molecule has 4 rings (SSSR count). The van der Waals surface area contributed by atoms with Crippen molar-refractivity contribution in [1.29, 1.82) is 0 Å². The van der Waals surface area contributed by atoms with Crippen molar-refractivity contribution >= 4 is 5.97 Å². The second kappa shape index (κ2) is 4.86. The highest BCUT2D eigenvalue weighted by Gasteiger charge is 2.62. The fraction of sp³-hybridized carbons (Fsp3) is 0.857. The molecule has 0 aromatic rings. The first-order valence-corrected chi connectivity index (χ1v) is 9.65. The first-order chi connectivity index (χ1) is 10.9. The van der Waals surface area contributed by atoms with Crippen molar-refractivity contribution in [3.63, 3.8) is 0 Å². The lowest BCUT2D eigenvalue weighted by Crippen LogP contribution is -2.54. The van der Waals surface area contributed by atoms with Crippen LogP contribution < -0.4 is 0 Å². The fourth-order valence-electron chi connectivity index (χ4n) is 7.50. The fourth-order valence-corrected chi connectivity index (χ4v) is 7.50. The van der Waals surface area contributed by atoms with Crippen LogP contribution >= 0.6 is 0 Å². The van der Waals surface area contributed by atoms with E-state index in [1.165, 1.54) is 38.5 Å². The predicted octanol–water partition coefficient (Wildman–Crippen LogP) is 5.13. The number of allylic oxidation sites excluding steroid dienone is 2. The average molecular weight is 316 g/mol. The Kier molecular flexibility index (Phi) is 3.32. The van der Waals surface area contributed by atoms with Gasteiger partial charge < -0.3 is 4.74 Å². The van der Waals surface area contributed by atoms with Crippen LogP contribution in [0.25, 0.3) is 0 Å². The number of carbonyl (C=O) groups excluding carboxylic acids is 1. The van der Waals surface area contributed by atoms with E-state index in [2.05, 4.69) is 26.8 Å². The standard InChI is InChI=1S/C21H32O2/c1-14-12-21-11-8-16-19(2,17(21)7-6-15(14)13-21)9-5-10-20(16,3)18(22)23-4/h7,14-16H,5-6,8-13H2,1-4H3/t14-,15-,16+,19-,20-,21-/m1/s1. The SMILES string of the molecule is COC(=O)[C@]1(C)CCC[C@@]2(C)C3=CC[C@@H]4C[C@@]3(CC[C@H]12)C[C@H]4C. The lowest BCUT2D eigenvalue weighted by atomic mass is 9.44. The van der Waals surface area contributed by atoms with Crippen molar-refractivity contribution in [2.45, 2.75) is 72.1 Å². The summed E-state index contributed by atoms with van der Waals surface area (Å²) in [5.41, 5.74) is 2.15. The van der Waals surface area contributed by atoms with E-state index in [4.69, 9.17) is 4.74 Å². The zero-order valence-electron chi connectivity index (χ0n) is 15.3. The maximum absolute atomic E-state index is 12.6. The van der Waals surface area contributed by atoms with Crippen molar-refractivity contribution in [2.24, 2.45) is 34.0 Å². The summed E-state index contributed by atoms with van der Waals surface area (Å²) in [6.45, 7) is 7.13. The number of fused-ring (bicyclic) bond motifs is 3. The molecule has 0 aliphatic heterocycles. The summed E-state index contributed by atoms with van der Waals surface area (Å²) in [5.74, 6) is 2.27. The van der Waals surface area contributed by atoms with Crippen molar-refractivity contribution in [2.75, 3.05) is 7.11 Å². The average Bonchev–Trinajstić information content (AvgIpc) is 2.75. The number of carbonyl (C=O) groups is 1. The predicted molar refractivity (Wildman–Crippen MR) is 91.8 cm³/mol. The van der Waals surface area contributed by atoms with Crippen LogP contribution in [0.5, 0.6) is 0 Å². The first kappa shape index (κ1) is 15.7. The van der Waals surface area contributed by atoms with Crippen LogP contribution in [0, 0.1) is 34.0 Å². The summed E-state index contributed by atoms with van der Waals surface area (Å²) < 4.78 is 5.24. The van der Waals surface area contributed by atoms with Crippen LogP contribution in [0.15, 0.2) is 11.6 Å². The molecule has 4 aliphatic rings. The minimum absolute atomic E-state index is 0.0263. The van der Waals surface area contributed by atoms with Gasteiger partial charge in [0.2, 0.25) is 0 Å². The van der Waals surface area contributed by atoms with Crippen molar-refractivity contribution in [1.82, 2.24) is 0 Å². The lowest BCUT2D eigenvalue weighted by molar-refractivity contribution is -0.165. The quantitative estimate of drug-likeness (QED) is 0.495. The second-order valence-electron chi connectivity index (χ2n) is 9.55. The van der Waals surface area contributed by atoms with E-state index < -0.39 is 0 Å². The monoisotopic (exact) mass is 316 g/mol. The zero-order valence-corrected chi connectivity index (χ0v) is 15.3. The van der Waals surface area contributed by atoms with E-state index in [1.807, 2.05) is 0 Å². The molecule has 0 aromatic carbocycles. The molecular formula is C21H32O2. The molecule has 2 bridgehead atoms. The molecule has 6 atom stereocenters. The van der Waals surface area contributed by atoms with Crippen LogP contribution in [-0.4, -0.2) is 13.1 Å². The van der Waals surface area contributed by atoms with Gasteiger partial charge in [0.15, 0.2) is 0 Å². The minimum atomic E-state index is -0.286. The third kappa shape index (κ3) is 1.90. The van der Waals surface area contributed by atoms with E-state index in [9.17, 15) is 4.79 Å². The van der Waals surface area contributed by atoms with Gasteiger partial charge in [-0.2, -0.15) is 0 Å². The Labute approximate surface area is 141 Å². The Morgan fingerprint density at radius 3 is 2.74 bits per heavy atom. The smallest absolute Gasteiger partial charge is 0.311 e. The van der Waals surface area contributed by atoms with Gasteiger partial charge in [0, 0.05) is 0 Å². The van der Waals surface area contributed by atoms with Gasteiger partial charge in [-0.05, 0) is 80.5 Å². The van der Waals surface area contributed by atoms with E-state index in [1.54, 1.807) is 12.7 Å². The number of esters is 1. The zero-order chi connectivity index (χ0) is 16.5.